The minimum absolute atomic E-state index is 0.00935. The molecular weight excluding hydrogens is 162 g/mol. The molecule has 0 aliphatic rings. The van der Waals surface area contributed by atoms with E-state index < -0.39 is 0 Å². The zero-order valence-electron chi connectivity index (χ0n) is 8.50. The average molecular weight is 179 g/mol. The minimum Gasteiger partial charge on any atom is -0.383 e. The summed E-state index contributed by atoms with van der Waals surface area (Å²) in [6, 6.07) is 6.31. The van der Waals surface area contributed by atoms with Gasteiger partial charge in [0.1, 0.15) is 0 Å². The number of hydrogen-bond acceptors (Lipinski definition) is 2. The molecule has 0 amide bonds. The fourth-order valence-corrected chi connectivity index (χ4v) is 1.43. The molecule has 2 heteroatoms. The molecule has 0 heterocycles. The van der Waals surface area contributed by atoms with Gasteiger partial charge in [-0.25, -0.2) is 0 Å². The molecule has 13 heavy (non-hydrogen) atoms. The molecule has 0 saturated heterocycles. The highest BCUT2D eigenvalue weighted by Crippen LogP contribution is 2.17. The summed E-state index contributed by atoms with van der Waals surface area (Å²) in [5.41, 5.74) is 9.61. The summed E-state index contributed by atoms with van der Waals surface area (Å²) in [4.78, 5) is 0. The Morgan fingerprint density at radius 2 is 2.08 bits per heavy atom. The normalized spacial score (nSPS) is 12.9. The lowest BCUT2D eigenvalue weighted by Gasteiger charge is -2.14. The van der Waals surface area contributed by atoms with Crippen LogP contribution in [0, 0.1) is 13.8 Å². The molecule has 0 aliphatic carbocycles. The second-order valence-corrected chi connectivity index (χ2v) is 3.42. The summed E-state index contributed by atoms with van der Waals surface area (Å²) in [6.07, 6.45) is 0. The molecule has 1 aromatic rings. The molecule has 1 atom stereocenters. The van der Waals surface area contributed by atoms with Gasteiger partial charge in [-0.1, -0.05) is 23.8 Å². The van der Waals surface area contributed by atoms with Crippen LogP contribution in [-0.2, 0) is 4.74 Å². The Balaban J connectivity index is 2.91. The molecule has 1 aromatic carbocycles. The number of rotatable bonds is 3. The second-order valence-electron chi connectivity index (χ2n) is 3.42. The molecule has 0 unspecified atom stereocenters. The van der Waals surface area contributed by atoms with Gasteiger partial charge in [0.15, 0.2) is 0 Å². The predicted octanol–water partition coefficient (Wildman–Crippen LogP) is 1.95. The third-order valence-corrected chi connectivity index (χ3v) is 2.18. The highest BCUT2D eigenvalue weighted by Gasteiger charge is 2.07. The number of nitrogens with two attached hydrogens (primary N) is 1. The number of aryl methyl sites for hydroxylation is 2. The summed E-state index contributed by atoms with van der Waals surface area (Å²) < 4.78 is 5.03. The van der Waals surface area contributed by atoms with Crippen molar-refractivity contribution in [3.8, 4) is 0 Å². The van der Waals surface area contributed by atoms with Crippen molar-refractivity contribution in [1.82, 2.24) is 0 Å². The van der Waals surface area contributed by atoms with Crippen molar-refractivity contribution < 1.29 is 4.74 Å². The highest BCUT2D eigenvalue weighted by molar-refractivity contribution is 5.32. The minimum atomic E-state index is -0.00935. The van der Waals surface area contributed by atoms with Crippen LogP contribution in [0.4, 0.5) is 0 Å². The maximum absolute atomic E-state index is 5.95. The second kappa shape index (κ2) is 4.40. The molecule has 2 N–H and O–H groups in total. The number of ether oxygens (including phenoxy) is 1. The van der Waals surface area contributed by atoms with Crippen LogP contribution in [0.5, 0.6) is 0 Å². The van der Waals surface area contributed by atoms with Crippen molar-refractivity contribution >= 4 is 0 Å². The van der Waals surface area contributed by atoms with Gasteiger partial charge in [0.2, 0.25) is 0 Å². The first-order valence-electron chi connectivity index (χ1n) is 4.47. The van der Waals surface area contributed by atoms with Gasteiger partial charge in [-0.15, -0.1) is 0 Å². The van der Waals surface area contributed by atoms with E-state index in [9.17, 15) is 0 Å². The summed E-state index contributed by atoms with van der Waals surface area (Å²) in [7, 11) is 1.67. The van der Waals surface area contributed by atoms with E-state index in [-0.39, 0.29) is 6.04 Å². The maximum atomic E-state index is 5.95. The summed E-state index contributed by atoms with van der Waals surface area (Å²) in [5, 5.41) is 0. The smallest absolute Gasteiger partial charge is 0.0655 e. The fraction of sp³-hybridized carbons (Fsp3) is 0.455. The van der Waals surface area contributed by atoms with Gasteiger partial charge in [0, 0.05) is 7.11 Å². The Hall–Kier alpha value is -0.860. The number of hydrogen-bond donors (Lipinski definition) is 1. The van der Waals surface area contributed by atoms with E-state index in [0.29, 0.717) is 6.61 Å². The first-order valence-corrected chi connectivity index (χ1v) is 4.47. The molecule has 0 spiro atoms. The molecule has 0 saturated carbocycles. The molecule has 0 fully saturated rings. The average Bonchev–Trinajstić information content (AvgIpc) is 2.09. The van der Waals surface area contributed by atoms with Crippen LogP contribution in [0.2, 0.25) is 0 Å². The van der Waals surface area contributed by atoms with E-state index >= 15 is 0 Å². The first kappa shape index (κ1) is 10.2. The van der Waals surface area contributed by atoms with Gasteiger partial charge in [-0.2, -0.15) is 0 Å². The molecule has 0 bridgehead atoms. The lowest BCUT2D eigenvalue weighted by Crippen LogP contribution is -2.17. The SMILES string of the molecule is COC[C@@H](N)c1cc(C)ccc1C. The maximum Gasteiger partial charge on any atom is 0.0655 e. The standard InChI is InChI=1S/C11H17NO/c1-8-4-5-9(2)10(6-8)11(12)7-13-3/h4-6,11H,7,12H2,1-3H3/t11-/m1/s1. The molecule has 0 radical (unpaired) electrons. The summed E-state index contributed by atoms with van der Waals surface area (Å²) >= 11 is 0. The van der Waals surface area contributed by atoms with Crippen LogP contribution in [-0.4, -0.2) is 13.7 Å². The molecule has 1 rings (SSSR count). The van der Waals surface area contributed by atoms with Crippen molar-refractivity contribution in [1.29, 1.82) is 0 Å². The van der Waals surface area contributed by atoms with E-state index in [4.69, 9.17) is 10.5 Å². The van der Waals surface area contributed by atoms with Gasteiger partial charge in [0.25, 0.3) is 0 Å². The zero-order valence-corrected chi connectivity index (χ0v) is 8.50. The third-order valence-electron chi connectivity index (χ3n) is 2.18. The Morgan fingerprint density at radius 1 is 1.38 bits per heavy atom. The largest absolute Gasteiger partial charge is 0.383 e. The Labute approximate surface area is 79.7 Å². The summed E-state index contributed by atoms with van der Waals surface area (Å²) in [5.74, 6) is 0. The topological polar surface area (TPSA) is 35.2 Å². The number of methoxy groups -OCH3 is 1. The lowest BCUT2D eigenvalue weighted by atomic mass is 10.00. The quantitative estimate of drug-likeness (QED) is 0.769. The lowest BCUT2D eigenvalue weighted by molar-refractivity contribution is 0.180. The van der Waals surface area contributed by atoms with Crippen molar-refractivity contribution in [3.05, 3.63) is 34.9 Å². The monoisotopic (exact) mass is 179 g/mol. The molecular formula is C11H17NO. The number of benzene rings is 1. The zero-order chi connectivity index (χ0) is 9.84. The van der Waals surface area contributed by atoms with E-state index in [1.165, 1.54) is 16.7 Å². The molecule has 2 nitrogen and oxygen atoms in total. The Bertz CT molecular complexity index is 283. The third kappa shape index (κ3) is 2.54. The van der Waals surface area contributed by atoms with E-state index in [1.54, 1.807) is 7.11 Å². The van der Waals surface area contributed by atoms with Crippen molar-refractivity contribution in [2.75, 3.05) is 13.7 Å². The highest BCUT2D eigenvalue weighted by atomic mass is 16.5. The van der Waals surface area contributed by atoms with Gasteiger partial charge >= 0.3 is 0 Å². The van der Waals surface area contributed by atoms with E-state index in [1.807, 2.05) is 0 Å². The van der Waals surface area contributed by atoms with Gasteiger partial charge < -0.3 is 10.5 Å². The fourth-order valence-electron chi connectivity index (χ4n) is 1.43. The van der Waals surface area contributed by atoms with Crippen molar-refractivity contribution in [2.45, 2.75) is 19.9 Å². The van der Waals surface area contributed by atoms with E-state index in [0.717, 1.165) is 0 Å². The van der Waals surface area contributed by atoms with Crippen molar-refractivity contribution in [3.63, 3.8) is 0 Å². The van der Waals surface area contributed by atoms with E-state index in [2.05, 4.69) is 32.0 Å². The summed E-state index contributed by atoms with van der Waals surface area (Å²) in [6.45, 7) is 4.72. The first-order chi connectivity index (χ1) is 6.15. The van der Waals surface area contributed by atoms with Crippen LogP contribution in [0.3, 0.4) is 0 Å². The predicted molar refractivity (Wildman–Crippen MR) is 54.7 cm³/mol. The van der Waals surface area contributed by atoms with Gasteiger partial charge in [0.05, 0.1) is 12.6 Å². The van der Waals surface area contributed by atoms with Crippen LogP contribution in [0.1, 0.15) is 22.7 Å². The van der Waals surface area contributed by atoms with Crippen LogP contribution in [0.15, 0.2) is 18.2 Å². The molecule has 72 valence electrons. The van der Waals surface area contributed by atoms with Crippen LogP contribution < -0.4 is 5.73 Å². The molecule has 0 aliphatic heterocycles. The Morgan fingerprint density at radius 3 is 2.69 bits per heavy atom. The van der Waals surface area contributed by atoms with Crippen LogP contribution >= 0.6 is 0 Å². The van der Waals surface area contributed by atoms with Crippen molar-refractivity contribution in [2.24, 2.45) is 5.73 Å². The van der Waals surface area contributed by atoms with Gasteiger partial charge in [-0.05, 0) is 25.0 Å². The van der Waals surface area contributed by atoms with Gasteiger partial charge in [-0.3, -0.25) is 0 Å². The molecule has 0 aromatic heterocycles. The Kier molecular flexibility index (Phi) is 3.46. The van der Waals surface area contributed by atoms with Crippen LogP contribution in [0.25, 0.3) is 0 Å².